The fourth-order valence-corrected chi connectivity index (χ4v) is 7.76. The molecule has 2 amide bonds. The summed E-state index contributed by atoms with van der Waals surface area (Å²) in [5.74, 6) is 1.62. The van der Waals surface area contributed by atoms with Gasteiger partial charge in [-0.1, -0.05) is 74.7 Å². The first-order valence-corrected chi connectivity index (χ1v) is 17.1. The van der Waals surface area contributed by atoms with Crippen molar-refractivity contribution in [3.63, 3.8) is 0 Å². The highest BCUT2D eigenvalue weighted by Gasteiger charge is 2.39. The molecule has 0 spiro atoms. The highest BCUT2D eigenvalue weighted by Crippen LogP contribution is 2.29. The van der Waals surface area contributed by atoms with Crippen LogP contribution in [0.4, 0.5) is 4.79 Å². The molecule has 2 heterocycles. The molecule has 3 aliphatic rings. The Morgan fingerprint density at radius 1 is 1.10 bits per heavy atom. The Hall–Kier alpha value is -1.55. The number of nitrogens with zero attached hydrogens (tertiary/aromatic N) is 3. The number of thiocarbonyl (C=S) groups is 1. The number of ether oxygens (including phenoxy) is 1. The van der Waals surface area contributed by atoms with Crippen LogP contribution in [-0.4, -0.2) is 87.2 Å². The Bertz CT molecular complexity index is 1010. The van der Waals surface area contributed by atoms with Gasteiger partial charge in [0.15, 0.2) is 0 Å². The molecule has 10 heteroatoms. The summed E-state index contributed by atoms with van der Waals surface area (Å²) in [5, 5.41) is 3.31. The summed E-state index contributed by atoms with van der Waals surface area (Å²) in [6, 6.07) is 10.3. The number of carbonyl (C=O) groups is 2. The third-order valence-corrected chi connectivity index (χ3v) is 10.3. The van der Waals surface area contributed by atoms with Crippen LogP contribution in [0.2, 0.25) is 0 Å². The molecule has 0 unspecified atom stereocenters. The molecule has 1 saturated carbocycles. The van der Waals surface area contributed by atoms with Gasteiger partial charge >= 0.3 is 6.09 Å². The smallest absolute Gasteiger partial charge is 0.411 e. The zero-order chi connectivity index (χ0) is 29.4. The van der Waals surface area contributed by atoms with E-state index in [-0.39, 0.29) is 24.4 Å². The highest BCUT2D eigenvalue weighted by molar-refractivity contribution is 7.99. The van der Waals surface area contributed by atoms with Crippen LogP contribution in [0.5, 0.6) is 0 Å². The standard InChI is InChI=1S/C32H50N4O3S2.ClH/c1-32(2,3)39-31(38)36-23-41-22-28(36)29(37)33-27(16-15-24-11-7-5-8-12-24)30(40)34(4)26-17-19-35(20-18-26)21-25-13-9-6-10-14-25;/h6,9-10,13-14,24,26-28H,5,7-8,11-12,15-23H2,1-4H3,(H,33,37);1H/t27-,28+;/m1./s1. The summed E-state index contributed by atoms with van der Waals surface area (Å²) >= 11 is 7.70. The van der Waals surface area contributed by atoms with E-state index in [1.165, 1.54) is 37.7 Å². The van der Waals surface area contributed by atoms with E-state index in [1.54, 1.807) is 16.7 Å². The average molecular weight is 639 g/mol. The molecule has 4 rings (SSSR count). The van der Waals surface area contributed by atoms with Crippen molar-refractivity contribution in [1.29, 1.82) is 0 Å². The number of hydrogen-bond acceptors (Lipinski definition) is 6. The largest absolute Gasteiger partial charge is 0.444 e. The lowest BCUT2D eigenvalue weighted by molar-refractivity contribution is -0.125. The summed E-state index contributed by atoms with van der Waals surface area (Å²) in [4.78, 5) is 33.7. The van der Waals surface area contributed by atoms with Crippen LogP contribution in [0.3, 0.4) is 0 Å². The SMILES string of the molecule is CN(C(=S)[C@@H](CCC1CCCCC1)NC(=O)[C@@H]1CSCN1C(=O)OC(C)(C)C)C1CCN(Cc2ccccc2)CC1.Cl. The van der Waals surface area contributed by atoms with Crippen molar-refractivity contribution in [2.75, 3.05) is 31.8 Å². The first-order valence-electron chi connectivity index (χ1n) is 15.5. The Balaban J connectivity index is 0.00000484. The summed E-state index contributed by atoms with van der Waals surface area (Å²) in [6.45, 7) is 8.61. The Morgan fingerprint density at radius 3 is 2.40 bits per heavy atom. The summed E-state index contributed by atoms with van der Waals surface area (Å²) in [6.07, 6.45) is 10.1. The van der Waals surface area contributed by atoms with Crippen molar-refractivity contribution in [2.24, 2.45) is 5.92 Å². The molecule has 0 bridgehead atoms. The molecule has 1 N–H and O–H groups in total. The van der Waals surface area contributed by atoms with Gasteiger partial charge in [-0.3, -0.25) is 14.6 Å². The molecule has 2 saturated heterocycles. The number of piperidine rings is 1. The molecule has 1 aromatic rings. The number of carbonyl (C=O) groups excluding carboxylic acids is 2. The van der Waals surface area contributed by atoms with E-state index in [0.717, 1.165) is 50.3 Å². The molecule has 2 aliphatic heterocycles. The van der Waals surface area contributed by atoms with Crippen LogP contribution in [-0.2, 0) is 16.1 Å². The topological polar surface area (TPSA) is 65.1 Å². The molecule has 236 valence electrons. The number of hydrogen-bond donors (Lipinski definition) is 1. The van der Waals surface area contributed by atoms with Crippen LogP contribution in [0.1, 0.15) is 84.1 Å². The van der Waals surface area contributed by atoms with E-state index in [9.17, 15) is 9.59 Å². The monoisotopic (exact) mass is 638 g/mol. The van der Waals surface area contributed by atoms with E-state index < -0.39 is 17.7 Å². The molecule has 1 aliphatic carbocycles. The van der Waals surface area contributed by atoms with Crippen LogP contribution in [0.25, 0.3) is 0 Å². The molecule has 2 atom stereocenters. The van der Waals surface area contributed by atoms with Gasteiger partial charge in [0.2, 0.25) is 5.91 Å². The van der Waals surface area contributed by atoms with Crippen molar-refractivity contribution in [3.8, 4) is 0 Å². The minimum Gasteiger partial charge on any atom is -0.444 e. The number of benzene rings is 1. The van der Waals surface area contributed by atoms with Gasteiger partial charge in [-0.15, -0.1) is 24.2 Å². The lowest BCUT2D eigenvalue weighted by Crippen LogP contribution is -2.56. The van der Waals surface area contributed by atoms with Crippen molar-refractivity contribution in [1.82, 2.24) is 20.0 Å². The predicted octanol–water partition coefficient (Wildman–Crippen LogP) is 6.49. The molecule has 0 aromatic heterocycles. The first-order chi connectivity index (χ1) is 19.6. The molecular formula is C32H51ClN4O3S2. The molecule has 7 nitrogen and oxygen atoms in total. The molecular weight excluding hydrogens is 588 g/mol. The molecule has 1 aromatic carbocycles. The zero-order valence-corrected chi connectivity index (χ0v) is 28.3. The van der Waals surface area contributed by atoms with E-state index in [4.69, 9.17) is 17.0 Å². The number of nitrogens with one attached hydrogen (secondary N) is 1. The zero-order valence-electron chi connectivity index (χ0n) is 25.9. The molecule has 42 heavy (non-hydrogen) atoms. The third-order valence-electron chi connectivity index (χ3n) is 8.72. The Kier molecular flexibility index (Phi) is 13.7. The minimum atomic E-state index is -0.602. The first kappa shape index (κ1) is 34.9. The Labute approximate surface area is 269 Å². The maximum atomic E-state index is 13.6. The van der Waals surface area contributed by atoms with Gasteiger partial charge in [0.25, 0.3) is 0 Å². The number of rotatable bonds is 9. The van der Waals surface area contributed by atoms with Crippen LogP contribution in [0, 0.1) is 5.92 Å². The fourth-order valence-electron chi connectivity index (χ4n) is 6.30. The lowest BCUT2D eigenvalue weighted by Gasteiger charge is -2.40. The van der Waals surface area contributed by atoms with Gasteiger partial charge in [-0.2, -0.15) is 0 Å². The second-order valence-electron chi connectivity index (χ2n) is 13.1. The van der Waals surface area contributed by atoms with Crippen LogP contribution < -0.4 is 5.32 Å². The van der Waals surface area contributed by atoms with Crippen LogP contribution in [0.15, 0.2) is 30.3 Å². The third kappa shape index (κ3) is 10.3. The lowest BCUT2D eigenvalue weighted by atomic mass is 9.85. The van der Waals surface area contributed by atoms with Crippen molar-refractivity contribution >= 4 is 53.4 Å². The number of halogens is 1. The maximum absolute atomic E-state index is 13.6. The van der Waals surface area contributed by atoms with Crippen LogP contribution >= 0.6 is 36.4 Å². The van der Waals surface area contributed by atoms with E-state index in [1.807, 2.05) is 20.8 Å². The Morgan fingerprint density at radius 2 is 1.76 bits per heavy atom. The highest BCUT2D eigenvalue weighted by atomic mass is 35.5. The number of thioether (sulfide) groups is 1. The second kappa shape index (κ2) is 16.5. The van der Waals surface area contributed by atoms with E-state index in [0.29, 0.717) is 23.6 Å². The maximum Gasteiger partial charge on any atom is 0.411 e. The van der Waals surface area contributed by atoms with Gasteiger partial charge < -0.3 is 15.0 Å². The minimum absolute atomic E-state index is 0. The number of amides is 2. The quantitative estimate of drug-likeness (QED) is 0.310. The van der Waals surface area contributed by atoms with Crippen molar-refractivity contribution in [3.05, 3.63) is 35.9 Å². The number of likely N-dealkylation sites (N-methyl/N-ethyl adjacent to an activating group) is 1. The van der Waals surface area contributed by atoms with Gasteiger partial charge in [0.1, 0.15) is 16.6 Å². The molecule has 0 radical (unpaired) electrons. The van der Waals surface area contributed by atoms with Gasteiger partial charge in [0.05, 0.1) is 11.9 Å². The summed E-state index contributed by atoms with van der Waals surface area (Å²) in [5.41, 5.74) is 0.750. The molecule has 3 fully saturated rings. The average Bonchev–Trinajstić information content (AvgIpc) is 3.46. The normalized spacial score (nSPS) is 21.3. The predicted molar refractivity (Wildman–Crippen MR) is 179 cm³/mol. The second-order valence-corrected chi connectivity index (χ2v) is 14.5. The van der Waals surface area contributed by atoms with Crippen molar-refractivity contribution in [2.45, 2.75) is 109 Å². The fraction of sp³-hybridized carbons (Fsp3) is 0.719. The summed E-state index contributed by atoms with van der Waals surface area (Å²) < 4.78 is 5.60. The van der Waals surface area contributed by atoms with E-state index in [2.05, 4.69) is 52.5 Å². The van der Waals surface area contributed by atoms with Gasteiger partial charge in [0, 0.05) is 38.5 Å². The van der Waals surface area contributed by atoms with Gasteiger partial charge in [-0.25, -0.2) is 4.79 Å². The van der Waals surface area contributed by atoms with Crippen molar-refractivity contribution < 1.29 is 14.3 Å². The summed E-state index contributed by atoms with van der Waals surface area (Å²) in [7, 11) is 2.11. The number of likely N-dealkylation sites (tertiary alicyclic amines) is 1. The van der Waals surface area contributed by atoms with E-state index >= 15 is 0 Å². The van der Waals surface area contributed by atoms with Gasteiger partial charge in [-0.05, 0) is 57.9 Å².